The van der Waals surface area contributed by atoms with E-state index in [1.54, 1.807) is 12.1 Å². The van der Waals surface area contributed by atoms with Crippen molar-refractivity contribution in [3.8, 4) is 28.3 Å². The molecule has 14 rings (SSSR count). The Morgan fingerprint density at radius 3 is 1.26 bits per heavy atom. The van der Waals surface area contributed by atoms with E-state index >= 15 is 0 Å². The van der Waals surface area contributed by atoms with Gasteiger partial charge in [0.05, 0.1) is 30.4 Å². The molecule has 8 fully saturated rings. The van der Waals surface area contributed by atoms with Gasteiger partial charge >= 0.3 is 5.97 Å². The van der Waals surface area contributed by atoms with Crippen LogP contribution in [0, 0.1) is 46.8 Å². The van der Waals surface area contributed by atoms with Crippen molar-refractivity contribution in [2.75, 3.05) is 0 Å². The third kappa shape index (κ3) is 6.88. The molecule has 0 aromatic heterocycles. The molecule has 8 bridgehead atoms. The van der Waals surface area contributed by atoms with E-state index in [0.717, 1.165) is 73.7 Å². The van der Waals surface area contributed by atoms with Crippen LogP contribution in [0.1, 0.15) is 115 Å². The Hall–Kier alpha value is -5.28. The van der Waals surface area contributed by atoms with Gasteiger partial charge in [-0.15, -0.1) is 0 Å². The quantitative estimate of drug-likeness (QED) is 0.149. The zero-order chi connectivity index (χ0) is 41.5. The van der Waals surface area contributed by atoms with Crippen LogP contribution >= 0.6 is 0 Å². The zero-order valence-electron chi connectivity index (χ0n) is 35.0. The molecule has 5 heteroatoms. The average molecular weight is 806 g/mol. The van der Waals surface area contributed by atoms with Crippen LogP contribution in [-0.4, -0.2) is 21.3 Å². The van der Waals surface area contributed by atoms with Gasteiger partial charge < -0.3 is 15.3 Å². The molecular formula is C56H55NO4. The predicted octanol–water partition coefficient (Wildman–Crippen LogP) is 12.5. The van der Waals surface area contributed by atoms with Gasteiger partial charge in [0.2, 0.25) is 0 Å². The van der Waals surface area contributed by atoms with Gasteiger partial charge in [-0.2, -0.15) is 5.26 Å². The van der Waals surface area contributed by atoms with E-state index in [2.05, 4.69) is 72.8 Å². The lowest BCUT2D eigenvalue weighted by Gasteiger charge is -2.57. The summed E-state index contributed by atoms with van der Waals surface area (Å²) >= 11 is 0. The number of aliphatic hydroxyl groups is 2. The first-order valence-corrected chi connectivity index (χ1v) is 22.9. The van der Waals surface area contributed by atoms with Crippen LogP contribution in [0.2, 0.25) is 0 Å². The Kier molecular flexibility index (Phi) is 9.48. The minimum Gasteiger partial charge on any atom is -0.478 e. The maximum absolute atomic E-state index is 11.3. The number of rotatable bonds is 7. The summed E-state index contributed by atoms with van der Waals surface area (Å²) in [4.78, 5) is 11.3. The Morgan fingerprint density at radius 1 is 0.492 bits per heavy atom. The van der Waals surface area contributed by atoms with Crippen LogP contribution in [0.5, 0.6) is 0 Å². The van der Waals surface area contributed by atoms with Crippen molar-refractivity contribution in [2.24, 2.45) is 35.5 Å². The molecule has 0 spiro atoms. The van der Waals surface area contributed by atoms with Gasteiger partial charge in [0.25, 0.3) is 0 Å². The van der Waals surface area contributed by atoms with Crippen molar-refractivity contribution < 1.29 is 20.1 Å². The van der Waals surface area contributed by atoms with E-state index in [1.807, 2.05) is 30.3 Å². The topological polar surface area (TPSA) is 102 Å². The second kappa shape index (κ2) is 15.0. The molecule has 8 aliphatic rings. The predicted molar refractivity (Wildman–Crippen MR) is 242 cm³/mol. The fourth-order valence-corrected chi connectivity index (χ4v) is 14.7. The number of hydrogen-bond acceptors (Lipinski definition) is 4. The molecule has 3 N–H and O–H groups in total. The normalized spacial score (nSPS) is 29.1. The second-order valence-electron chi connectivity index (χ2n) is 20.4. The molecule has 6 aromatic carbocycles. The highest BCUT2D eigenvalue weighted by Crippen LogP contribution is 2.63. The minimum atomic E-state index is -0.897. The van der Waals surface area contributed by atoms with Gasteiger partial charge in [-0.1, -0.05) is 72.8 Å². The number of nitriles is 1. The Balaban J connectivity index is 0.000000138. The summed E-state index contributed by atoms with van der Waals surface area (Å²) in [5.74, 6) is 4.37. The summed E-state index contributed by atoms with van der Waals surface area (Å²) in [6, 6.07) is 39.5. The highest BCUT2D eigenvalue weighted by molar-refractivity contribution is 5.96. The number of nitrogens with zero attached hydrogens (tertiary/aromatic N) is 1. The van der Waals surface area contributed by atoms with Crippen molar-refractivity contribution in [1.82, 2.24) is 0 Å². The standard InChI is InChI=1S/C28H27NO.C28H28O3/c29-16-18-1-2-23-11-24(4-3-22(23)10-18)25-5-6-26(17-30)27(12-25)28-13-19-7-20(14-28)9-21(8-19)15-28;29-16-25-6-4-23(21-1-2-22-11-24(27(30)31)5-3-20(22)10-21)12-26(25)28-13-17-7-18(14-28)9-19(8-17)15-28/h1-6,10-12,19-21,30H,7-9,13-15,17H2;1-6,10-12,17-19,29H,7-9,13-16H2,(H,30,31). The molecule has 8 saturated carbocycles. The van der Waals surface area contributed by atoms with Crippen molar-refractivity contribution >= 4 is 27.5 Å². The average Bonchev–Trinajstić information content (AvgIpc) is 3.27. The molecule has 0 amide bonds. The van der Waals surface area contributed by atoms with Crippen LogP contribution < -0.4 is 0 Å². The zero-order valence-corrected chi connectivity index (χ0v) is 35.0. The molecule has 61 heavy (non-hydrogen) atoms. The van der Waals surface area contributed by atoms with Crippen molar-refractivity contribution in [1.29, 1.82) is 5.26 Å². The summed E-state index contributed by atoms with van der Waals surface area (Å²) in [6.45, 7) is 0.235. The maximum Gasteiger partial charge on any atom is 0.335 e. The third-order valence-corrected chi connectivity index (χ3v) is 16.5. The highest BCUT2D eigenvalue weighted by Gasteiger charge is 2.53. The lowest BCUT2D eigenvalue weighted by Crippen LogP contribution is -2.49. The van der Waals surface area contributed by atoms with E-state index in [9.17, 15) is 20.1 Å². The molecule has 8 aliphatic carbocycles. The monoisotopic (exact) mass is 805 g/mol. The highest BCUT2D eigenvalue weighted by atomic mass is 16.4. The fraction of sp³-hybridized carbons (Fsp3) is 0.393. The molecule has 6 aromatic rings. The largest absolute Gasteiger partial charge is 0.478 e. The van der Waals surface area contributed by atoms with Gasteiger partial charge in [-0.25, -0.2) is 4.79 Å². The van der Waals surface area contributed by atoms with Crippen LogP contribution in [0.3, 0.4) is 0 Å². The van der Waals surface area contributed by atoms with Crippen molar-refractivity contribution in [2.45, 2.75) is 101 Å². The molecule has 0 unspecified atom stereocenters. The Morgan fingerprint density at radius 2 is 0.852 bits per heavy atom. The summed E-state index contributed by atoms with van der Waals surface area (Å²) in [6.07, 6.45) is 16.3. The lowest BCUT2D eigenvalue weighted by molar-refractivity contribution is -0.00611. The van der Waals surface area contributed by atoms with Crippen molar-refractivity contribution in [3.63, 3.8) is 0 Å². The number of carboxylic acids is 1. The van der Waals surface area contributed by atoms with E-state index in [-0.39, 0.29) is 24.0 Å². The summed E-state index contributed by atoms with van der Waals surface area (Å²) in [7, 11) is 0. The number of benzene rings is 6. The summed E-state index contributed by atoms with van der Waals surface area (Å²) < 4.78 is 0. The first-order chi connectivity index (χ1) is 29.7. The fourth-order valence-electron chi connectivity index (χ4n) is 14.7. The third-order valence-electron chi connectivity index (χ3n) is 16.5. The van der Waals surface area contributed by atoms with Crippen LogP contribution in [0.15, 0.2) is 109 Å². The molecule has 308 valence electrons. The minimum absolute atomic E-state index is 0.104. The van der Waals surface area contributed by atoms with Gasteiger partial charge in [0, 0.05) is 0 Å². The SMILES string of the molecule is N#Cc1ccc2cc(-c3ccc(CO)c(C45CC6CC(CC(C6)C4)C5)c3)ccc2c1.O=C(O)c1ccc2cc(-c3ccc(CO)c(C45CC6CC(CC(C6)C4)C5)c3)ccc2c1. The van der Waals surface area contributed by atoms with Gasteiger partial charge in [0.15, 0.2) is 0 Å². The number of hydrogen-bond donors (Lipinski definition) is 3. The molecule has 0 atom stereocenters. The first kappa shape index (κ1) is 38.6. The van der Waals surface area contributed by atoms with Gasteiger partial charge in [-0.3, -0.25) is 0 Å². The van der Waals surface area contributed by atoms with Gasteiger partial charge in [0.1, 0.15) is 0 Å². The lowest BCUT2D eigenvalue weighted by atomic mass is 9.47. The molecule has 0 aliphatic heterocycles. The van der Waals surface area contributed by atoms with E-state index < -0.39 is 5.97 Å². The summed E-state index contributed by atoms with van der Waals surface area (Å²) in [5, 5.41) is 43.0. The first-order valence-electron chi connectivity index (χ1n) is 22.9. The maximum atomic E-state index is 11.3. The molecule has 0 saturated heterocycles. The smallest absolute Gasteiger partial charge is 0.335 e. The molecule has 0 radical (unpaired) electrons. The number of carbonyl (C=O) groups is 1. The molecular weight excluding hydrogens is 751 g/mol. The Labute approximate surface area is 359 Å². The number of aliphatic hydroxyl groups excluding tert-OH is 2. The van der Waals surface area contributed by atoms with E-state index in [1.165, 1.54) is 105 Å². The van der Waals surface area contributed by atoms with E-state index in [4.69, 9.17) is 5.26 Å². The number of fused-ring (bicyclic) bond motifs is 2. The van der Waals surface area contributed by atoms with Crippen LogP contribution in [0.4, 0.5) is 0 Å². The van der Waals surface area contributed by atoms with Crippen LogP contribution in [0.25, 0.3) is 43.8 Å². The van der Waals surface area contributed by atoms with Crippen LogP contribution in [-0.2, 0) is 24.0 Å². The van der Waals surface area contributed by atoms with Crippen molar-refractivity contribution in [3.05, 3.63) is 143 Å². The molecule has 5 nitrogen and oxygen atoms in total. The van der Waals surface area contributed by atoms with Gasteiger partial charge in [-0.05, 0) is 226 Å². The summed E-state index contributed by atoms with van der Waals surface area (Å²) in [5.41, 5.74) is 11.3. The number of carboxylic acid groups (broad SMARTS) is 1. The van der Waals surface area contributed by atoms with E-state index in [0.29, 0.717) is 11.1 Å². The Bertz CT molecular complexity index is 2690. The molecule has 0 heterocycles. The second-order valence-corrected chi connectivity index (χ2v) is 20.4. The number of aromatic carboxylic acids is 1.